The molecule has 2 atom stereocenters. The molecular weight excluding hydrogens is 212 g/mol. The summed E-state index contributed by atoms with van der Waals surface area (Å²) in [5, 5.41) is 20.6. The maximum atomic E-state index is 10.7. The highest BCUT2D eigenvalue weighted by Crippen LogP contribution is 2.32. The van der Waals surface area contributed by atoms with E-state index >= 15 is 0 Å². The first-order valence-corrected chi connectivity index (χ1v) is 6.06. The number of hydrogen-bond donors (Lipinski definition) is 2. The second-order valence-corrected chi connectivity index (χ2v) is 4.91. The Hall–Kier alpha value is -1.12. The maximum absolute atomic E-state index is 10.7. The molecule has 0 aromatic heterocycles. The molecule has 2 nitrogen and oxygen atoms in total. The molecule has 0 aliphatic carbocycles. The number of rotatable bonds is 6. The molecule has 94 valence electrons. The number of aliphatic hydroxyl groups excluding tert-OH is 1. The largest absolute Gasteiger partial charge is 0.393 e. The Morgan fingerprint density at radius 1 is 1.29 bits per heavy atom. The summed E-state index contributed by atoms with van der Waals surface area (Å²) in [4.78, 5) is 0. The minimum Gasteiger partial charge on any atom is -0.393 e. The number of aliphatic hydroxyl groups is 2. The van der Waals surface area contributed by atoms with Crippen molar-refractivity contribution in [1.29, 1.82) is 0 Å². The first kappa shape index (κ1) is 13.9. The van der Waals surface area contributed by atoms with Crippen LogP contribution in [0.5, 0.6) is 0 Å². The highest BCUT2D eigenvalue weighted by atomic mass is 16.3. The highest BCUT2D eigenvalue weighted by Gasteiger charge is 2.31. The van der Waals surface area contributed by atoms with Crippen molar-refractivity contribution < 1.29 is 10.2 Å². The van der Waals surface area contributed by atoms with Gasteiger partial charge in [-0.2, -0.15) is 0 Å². The predicted molar refractivity (Wildman–Crippen MR) is 70.6 cm³/mol. The van der Waals surface area contributed by atoms with Crippen LogP contribution in [0.2, 0.25) is 0 Å². The van der Waals surface area contributed by atoms with E-state index in [4.69, 9.17) is 0 Å². The van der Waals surface area contributed by atoms with Gasteiger partial charge in [0, 0.05) is 6.42 Å². The van der Waals surface area contributed by atoms with Gasteiger partial charge in [0.2, 0.25) is 0 Å². The molecule has 0 aliphatic heterocycles. The van der Waals surface area contributed by atoms with E-state index in [1.807, 2.05) is 44.2 Å². The summed E-state index contributed by atoms with van der Waals surface area (Å²) < 4.78 is 0. The Balaban J connectivity index is 2.93. The van der Waals surface area contributed by atoms with Crippen LogP contribution in [-0.2, 0) is 5.60 Å². The van der Waals surface area contributed by atoms with E-state index < -0.39 is 11.7 Å². The van der Waals surface area contributed by atoms with Gasteiger partial charge in [0.15, 0.2) is 0 Å². The van der Waals surface area contributed by atoms with Crippen LogP contribution in [0.4, 0.5) is 0 Å². The Labute approximate surface area is 104 Å². The van der Waals surface area contributed by atoms with Crippen molar-refractivity contribution in [1.82, 2.24) is 0 Å². The number of hydrogen-bond acceptors (Lipinski definition) is 2. The van der Waals surface area contributed by atoms with Crippen molar-refractivity contribution in [3.8, 4) is 0 Å². The normalized spacial score (nSPS) is 16.5. The molecule has 17 heavy (non-hydrogen) atoms. The molecular formula is C15H22O2. The molecule has 0 spiro atoms. The van der Waals surface area contributed by atoms with E-state index in [9.17, 15) is 10.2 Å². The Bertz CT molecular complexity index is 345. The summed E-state index contributed by atoms with van der Waals surface area (Å²) >= 11 is 0. The molecule has 2 N–H and O–H groups in total. The molecule has 0 radical (unpaired) electrons. The summed E-state index contributed by atoms with van der Waals surface area (Å²) in [6.45, 7) is 7.58. The van der Waals surface area contributed by atoms with E-state index in [1.54, 1.807) is 6.08 Å². The average Bonchev–Trinajstić information content (AvgIpc) is 2.30. The topological polar surface area (TPSA) is 40.5 Å². The number of benzene rings is 1. The van der Waals surface area contributed by atoms with Crippen molar-refractivity contribution in [2.75, 3.05) is 0 Å². The molecule has 0 heterocycles. The average molecular weight is 234 g/mol. The summed E-state index contributed by atoms with van der Waals surface area (Å²) in [6.07, 6.45) is 1.96. The van der Waals surface area contributed by atoms with Crippen molar-refractivity contribution in [2.24, 2.45) is 5.92 Å². The molecule has 1 aromatic carbocycles. The molecule has 0 bridgehead atoms. The molecule has 2 heteroatoms. The molecule has 0 saturated heterocycles. The zero-order valence-corrected chi connectivity index (χ0v) is 10.6. The van der Waals surface area contributed by atoms with Gasteiger partial charge in [-0.1, -0.05) is 50.3 Å². The second kappa shape index (κ2) is 5.99. The zero-order valence-electron chi connectivity index (χ0n) is 10.6. The van der Waals surface area contributed by atoms with Crippen molar-refractivity contribution >= 4 is 0 Å². The van der Waals surface area contributed by atoms with Crippen LogP contribution in [0.3, 0.4) is 0 Å². The first-order chi connectivity index (χ1) is 7.99. The van der Waals surface area contributed by atoms with Crippen LogP contribution >= 0.6 is 0 Å². The van der Waals surface area contributed by atoms with Gasteiger partial charge < -0.3 is 10.2 Å². The minimum atomic E-state index is -1.02. The van der Waals surface area contributed by atoms with Gasteiger partial charge >= 0.3 is 0 Å². The van der Waals surface area contributed by atoms with Crippen LogP contribution in [0.1, 0.15) is 32.3 Å². The van der Waals surface area contributed by atoms with E-state index in [2.05, 4.69) is 6.58 Å². The maximum Gasteiger partial charge on any atom is 0.0955 e. The van der Waals surface area contributed by atoms with Crippen LogP contribution in [0.15, 0.2) is 43.0 Å². The predicted octanol–water partition coefficient (Wildman–Crippen LogP) is 2.86. The van der Waals surface area contributed by atoms with Gasteiger partial charge in [-0.25, -0.2) is 0 Å². The van der Waals surface area contributed by atoms with Crippen LogP contribution in [0.25, 0.3) is 0 Å². The highest BCUT2D eigenvalue weighted by molar-refractivity contribution is 5.23. The molecule has 0 amide bonds. The van der Waals surface area contributed by atoms with Gasteiger partial charge in [-0.15, -0.1) is 6.58 Å². The monoisotopic (exact) mass is 234 g/mol. The lowest BCUT2D eigenvalue weighted by Gasteiger charge is -2.31. The molecule has 0 aliphatic rings. The van der Waals surface area contributed by atoms with Crippen molar-refractivity contribution in [2.45, 2.75) is 38.4 Å². The first-order valence-electron chi connectivity index (χ1n) is 6.06. The summed E-state index contributed by atoms with van der Waals surface area (Å²) in [5.41, 5.74) is -0.188. The van der Waals surface area contributed by atoms with Crippen molar-refractivity contribution in [3.05, 3.63) is 48.6 Å². The lowest BCUT2D eigenvalue weighted by molar-refractivity contribution is -0.0260. The van der Waals surface area contributed by atoms with E-state index in [0.29, 0.717) is 12.8 Å². The lowest BCUT2D eigenvalue weighted by Crippen LogP contribution is -2.32. The Morgan fingerprint density at radius 2 is 1.88 bits per heavy atom. The SMILES string of the molecule is C=CCC(O)(CC(O)C(C)C)c1ccccc1. The molecule has 1 aromatic rings. The third kappa shape index (κ3) is 3.69. The Kier molecular flexibility index (Phi) is 4.91. The van der Waals surface area contributed by atoms with Gasteiger partial charge in [0.05, 0.1) is 11.7 Å². The third-order valence-corrected chi connectivity index (χ3v) is 3.11. The van der Waals surface area contributed by atoms with Gasteiger partial charge in [0.25, 0.3) is 0 Å². The summed E-state index contributed by atoms with van der Waals surface area (Å²) in [7, 11) is 0. The fourth-order valence-corrected chi connectivity index (χ4v) is 1.89. The molecule has 1 rings (SSSR count). The van der Waals surface area contributed by atoms with Gasteiger partial charge in [0.1, 0.15) is 0 Å². The quantitative estimate of drug-likeness (QED) is 0.743. The molecule has 0 saturated carbocycles. The fourth-order valence-electron chi connectivity index (χ4n) is 1.89. The van der Waals surface area contributed by atoms with Crippen LogP contribution in [0, 0.1) is 5.92 Å². The fraction of sp³-hybridized carbons (Fsp3) is 0.467. The standard InChI is InChI=1S/C15H22O2/c1-4-10-15(17,11-14(16)12(2)3)13-8-6-5-7-9-13/h4-9,12,14,16-17H,1,10-11H2,2-3H3. The van der Waals surface area contributed by atoms with E-state index in [-0.39, 0.29) is 5.92 Å². The smallest absolute Gasteiger partial charge is 0.0955 e. The molecule has 2 unspecified atom stereocenters. The Morgan fingerprint density at radius 3 is 2.35 bits per heavy atom. The zero-order chi connectivity index (χ0) is 12.9. The van der Waals surface area contributed by atoms with Crippen LogP contribution in [-0.4, -0.2) is 16.3 Å². The third-order valence-electron chi connectivity index (χ3n) is 3.11. The summed E-state index contributed by atoms with van der Waals surface area (Å²) in [6, 6.07) is 9.47. The minimum absolute atomic E-state index is 0.134. The van der Waals surface area contributed by atoms with Gasteiger partial charge in [-0.05, 0) is 17.9 Å². The lowest BCUT2D eigenvalue weighted by atomic mass is 9.83. The second-order valence-electron chi connectivity index (χ2n) is 4.91. The van der Waals surface area contributed by atoms with Gasteiger partial charge in [-0.3, -0.25) is 0 Å². The summed E-state index contributed by atoms with van der Waals surface area (Å²) in [5.74, 6) is 0.134. The van der Waals surface area contributed by atoms with E-state index in [1.165, 1.54) is 0 Å². The van der Waals surface area contributed by atoms with E-state index in [0.717, 1.165) is 5.56 Å². The molecule has 0 fully saturated rings. The van der Waals surface area contributed by atoms with Crippen molar-refractivity contribution in [3.63, 3.8) is 0 Å². The van der Waals surface area contributed by atoms with Crippen LogP contribution < -0.4 is 0 Å².